The summed E-state index contributed by atoms with van der Waals surface area (Å²) in [6, 6.07) is 4.33. The van der Waals surface area contributed by atoms with E-state index < -0.39 is 0 Å². The molecule has 0 radical (unpaired) electrons. The van der Waals surface area contributed by atoms with E-state index in [1.807, 2.05) is 11.7 Å². The van der Waals surface area contributed by atoms with Gasteiger partial charge < -0.3 is 0 Å². The number of rotatable bonds is 0. The first-order valence-corrected chi connectivity index (χ1v) is 4.98. The third-order valence-electron chi connectivity index (χ3n) is 2.23. The number of aryl methyl sites for hydroxylation is 3. The molecule has 0 N–H and O–H groups in total. The lowest BCUT2D eigenvalue weighted by Gasteiger charge is -2.00. The Balaban J connectivity index is 2.97. The van der Waals surface area contributed by atoms with Gasteiger partial charge in [-0.15, -0.1) is 0 Å². The first kappa shape index (κ1) is 8.75. The molecule has 1 aromatic heterocycles. The minimum atomic E-state index is 0.928. The molecule has 0 fully saturated rings. The van der Waals surface area contributed by atoms with Crippen molar-refractivity contribution >= 4 is 26.8 Å². The van der Waals surface area contributed by atoms with Crippen LogP contribution in [0.3, 0.4) is 0 Å². The largest absolute Gasteiger partial charge is 0.267 e. The van der Waals surface area contributed by atoms with Crippen LogP contribution in [0.15, 0.2) is 16.7 Å². The van der Waals surface area contributed by atoms with E-state index in [0.717, 1.165) is 4.60 Å². The maximum absolute atomic E-state index is 4.33. The summed E-state index contributed by atoms with van der Waals surface area (Å²) >= 11 is 3.45. The van der Waals surface area contributed by atoms with Crippen molar-refractivity contribution in [1.82, 2.24) is 9.78 Å². The van der Waals surface area contributed by atoms with E-state index in [1.165, 1.54) is 22.0 Å². The van der Waals surface area contributed by atoms with Gasteiger partial charge in [0.15, 0.2) is 0 Å². The maximum Gasteiger partial charge on any atom is 0.136 e. The molecule has 1 heterocycles. The van der Waals surface area contributed by atoms with E-state index in [-0.39, 0.29) is 0 Å². The monoisotopic (exact) mass is 238 g/mol. The van der Waals surface area contributed by atoms with Gasteiger partial charge in [-0.3, -0.25) is 4.68 Å². The standard InChI is InChI=1S/C10H11BrN2/c1-6-4-7(2)9-8(5-6)10(11)12-13(9)3/h4-5H,1-3H3. The molecule has 68 valence electrons. The van der Waals surface area contributed by atoms with Crippen molar-refractivity contribution < 1.29 is 0 Å². The summed E-state index contributed by atoms with van der Waals surface area (Å²) in [5, 5.41) is 5.52. The minimum absolute atomic E-state index is 0.928. The van der Waals surface area contributed by atoms with Gasteiger partial charge in [0.05, 0.1) is 5.52 Å². The molecule has 2 nitrogen and oxygen atoms in total. The van der Waals surface area contributed by atoms with Gasteiger partial charge >= 0.3 is 0 Å². The van der Waals surface area contributed by atoms with Crippen molar-refractivity contribution in [2.24, 2.45) is 7.05 Å². The van der Waals surface area contributed by atoms with Crippen molar-refractivity contribution in [2.45, 2.75) is 13.8 Å². The summed E-state index contributed by atoms with van der Waals surface area (Å²) in [6.45, 7) is 4.22. The van der Waals surface area contributed by atoms with E-state index in [2.05, 4.69) is 47.0 Å². The molecule has 0 atom stereocenters. The second kappa shape index (κ2) is 2.84. The van der Waals surface area contributed by atoms with Gasteiger partial charge in [-0.25, -0.2) is 0 Å². The van der Waals surface area contributed by atoms with Gasteiger partial charge in [-0.1, -0.05) is 11.6 Å². The van der Waals surface area contributed by atoms with Gasteiger partial charge in [0.25, 0.3) is 0 Å². The minimum Gasteiger partial charge on any atom is -0.267 e. The summed E-state index contributed by atoms with van der Waals surface area (Å²) in [5.41, 5.74) is 3.76. The van der Waals surface area contributed by atoms with E-state index in [1.54, 1.807) is 0 Å². The fourth-order valence-electron chi connectivity index (χ4n) is 1.78. The van der Waals surface area contributed by atoms with Crippen LogP contribution in [0, 0.1) is 13.8 Å². The Morgan fingerprint density at radius 2 is 2.00 bits per heavy atom. The molecule has 0 spiro atoms. The molecule has 2 aromatic rings. The zero-order valence-electron chi connectivity index (χ0n) is 7.93. The molecule has 3 heteroatoms. The topological polar surface area (TPSA) is 17.8 Å². The molecule has 0 saturated carbocycles. The summed E-state index contributed by atoms with van der Waals surface area (Å²) in [7, 11) is 1.97. The highest BCUT2D eigenvalue weighted by atomic mass is 79.9. The number of hydrogen-bond acceptors (Lipinski definition) is 1. The summed E-state index contributed by atoms with van der Waals surface area (Å²) in [4.78, 5) is 0. The lowest BCUT2D eigenvalue weighted by atomic mass is 10.1. The van der Waals surface area contributed by atoms with Crippen LogP contribution in [0.2, 0.25) is 0 Å². The molecular weight excluding hydrogens is 228 g/mol. The van der Waals surface area contributed by atoms with Crippen LogP contribution in [-0.4, -0.2) is 9.78 Å². The zero-order chi connectivity index (χ0) is 9.59. The molecule has 0 aliphatic rings. The van der Waals surface area contributed by atoms with Crippen molar-refractivity contribution in [3.8, 4) is 0 Å². The molecule has 0 aliphatic heterocycles. The normalized spacial score (nSPS) is 11.1. The van der Waals surface area contributed by atoms with E-state index in [4.69, 9.17) is 0 Å². The maximum atomic E-state index is 4.33. The third kappa shape index (κ3) is 1.27. The SMILES string of the molecule is Cc1cc(C)c2c(c1)c(Br)nn2C. The van der Waals surface area contributed by atoms with Crippen LogP contribution in [0.4, 0.5) is 0 Å². The van der Waals surface area contributed by atoms with Crippen LogP contribution < -0.4 is 0 Å². The Morgan fingerprint density at radius 3 is 2.69 bits per heavy atom. The predicted octanol–water partition coefficient (Wildman–Crippen LogP) is 2.95. The quantitative estimate of drug-likeness (QED) is 0.691. The highest BCUT2D eigenvalue weighted by Gasteiger charge is 2.08. The smallest absolute Gasteiger partial charge is 0.136 e. The van der Waals surface area contributed by atoms with Gasteiger partial charge in [0.1, 0.15) is 4.60 Å². The van der Waals surface area contributed by atoms with E-state index in [9.17, 15) is 0 Å². The van der Waals surface area contributed by atoms with Crippen LogP contribution in [0.25, 0.3) is 10.9 Å². The summed E-state index contributed by atoms with van der Waals surface area (Å²) in [6.07, 6.45) is 0. The average molecular weight is 239 g/mol. The number of halogens is 1. The summed E-state index contributed by atoms with van der Waals surface area (Å²) < 4.78 is 2.84. The Morgan fingerprint density at radius 1 is 1.31 bits per heavy atom. The zero-order valence-corrected chi connectivity index (χ0v) is 9.51. The number of fused-ring (bicyclic) bond motifs is 1. The van der Waals surface area contributed by atoms with Crippen LogP contribution in [0.1, 0.15) is 11.1 Å². The molecule has 13 heavy (non-hydrogen) atoms. The number of aromatic nitrogens is 2. The van der Waals surface area contributed by atoms with Crippen molar-refractivity contribution in [1.29, 1.82) is 0 Å². The molecule has 2 rings (SSSR count). The van der Waals surface area contributed by atoms with Crippen molar-refractivity contribution in [2.75, 3.05) is 0 Å². The molecule has 0 bridgehead atoms. The molecule has 0 saturated heterocycles. The lowest BCUT2D eigenvalue weighted by molar-refractivity contribution is 0.786. The Bertz CT molecular complexity index is 471. The first-order valence-electron chi connectivity index (χ1n) is 4.19. The lowest BCUT2D eigenvalue weighted by Crippen LogP contribution is -1.91. The van der Waals surface area contributed by atoms with Crippen molar-refractivity contribution in [3.05, 3.63) is 27.9 Å². The summed E-state index contributed by atoms with van der Waals surface area (Å²) in [5.74, 6) is 0. The van der Waals surface area contributed by atoms with Crippen molar-refractivity contribution in [3.63, 3.8) is 0 Å². The molecular formula is C10H11BrN2. The third-order valence-corrected chi connectivity index (χ3v) is 2.81. The van der Waals surface area contributed by atoms with Crippen LogP contribution >= 0.6 is 15.9 Å². The Labute approximate surface area is 85.7 Å². The number of nitrogens with zero attached hydrogens (tertiary/aromatic N) is 2. The highest BCUT2D eigenvalue weighted by Crippen LogP contribution is 2.26. The van der Waals surface area contributed by atoms with E-state index >= 15 is 0 Å². The second-order valence-electron chi connectivity index (χ2n) is 3.39. The predicted molar refractivity (Wildman–Crippen MR) is 57.9 cm³/mol. The molecule has 0 aliphatic carbocycles. The van der Waals surface area contributed by atoms with Crippen LogP contribution in [-0.2, 0) is 7.05 Å². The molecule has 0 unspecified atom stereocenters. The van der Waals surface area contributed by atoms with E-state index in [0.29, 0.717) is 0 Å². The van der Waals surface area contributed by atoms with Gasteiger partial charge in [-0.2, -0.15) is 5.10 Å². The Hall–Kier alpha value is -0.830. The fourth-order valence-corrected chi connectivity index (χ4v) is 2.32. The Kier molecular flexibility index (Phi) is 1.91. The fraction of sp³-hybridized carbons (Fsp3) is 0.300. The van der Waals surface area contributed by atoms with Gasteiger partial charge in [0, 0.05) is 12.4 Å². The second-order valence-corrected chi connectivity index (χ2v) is 4.14. The number of hydrogen-bond donors (Lipinski definition) is 0. The first-order chi connectivity index (χ1) is 6.09. The molecule has 1 aromatic carbocycles. The van der Waals surface area contributed by atoms with Gasteiger partial charge in [0.2, 0.25) is 0 Å². The number of benzene rings is 1. The molecule has 0 amide bonds. The van der Waals surface area contributed by atoms with Crippen LogP contribution in [0.5, 0.6) is 0 Å². The highest BCUT2D eigenvalue weighted by molar-refractivity contribution is 9.10. The van der Waals surface area contributed by atoms with Gasteiger partial charge in [-0.05, 0) is 41.4 Å². The average Bonchev–Trinajstić information content (AvgIpc) is 2.27.